The molecule has 2 heterocycles. The Morgan fingerprint density at radius 2 is 1.81 bits per heavy atom. The smallest absolute Gasteiger partial charge is 0.269 e. The monoisotopic (exact) mass is 384 g/mol. The number of benzene rings is 1. The van der Waals surface area contributed by atoms with Gasteiger partial charge in [0.2, 0.25) is 0 Å². The van der Waals surface area contributed by atoms with Crippen LogP contribution in [0.4, 0.5) is 11.4 Å². The Bertz CT molecular complexity index is 1070. The van der Waals surface area contributed by atoms with Crippen LogP contribution in [0.5, 0.6) is 0 Å². The van der Waals surface area contributed by atoms with Crippen LogP contribution in [0.1, 0.15) is 37.7 Å². The number of rotatable bonds is 4. The summed E-state index contributed by atoms with van der Waals surface area (Å²) in [5, 5.41) is 4.26. The molecule has 2 aromatic heterocycles. The summed E-state index contributed by atoms with van der Waals surface area (Å²) in [6.45, 7) is 1.93. The largest absolute Gasteiger partial charge is 0.396 e. The molecule has 0 saturated heterocycles. The second-order valence-corrected chi connectivity index (χ2v) is 9.05. The number of anilines is 2. The zero-order chi connectivity index (χ0) is 19.0. The second kappa shape index (κ2) is 6.88. The first-order valence-electron chi connectivity index (χ1n) is 9.31. The van der Waals surface area contributed by atoms with Gasteiger partial charge < -0.3 is 11.1 Å². The van der Waals surface area contributed by atoms with E-state index in [0.29, 0.717) is 17.4 Å². The minimum atomic E-state index is -3.72. The van der Waals surface area contributed by atoms with Crippen LogP contribution in [-0.4, -0.2) is 23.4 Å². The highest BCUT2D eigenvalue weighted by atomic mass is 32.2. The minimum absolute atomic E-state index is 0.242. The van der Waals surface area contributed by atoms with Crippen molar-refractivity contribution in [3.05, 3.63) is 48.3 Å². The lowest BCUT2D eigenvalue weighted by Gasteiger charge is -2.25. The van der Waals surface area contributed by atoms with E-state index in [1.807, 2.05) is 6.92 Å². The van der Waals surface area contributed by atoms with E-state index in [-0.39, 0.29) is 4.90 Å². The van der Waals surface area contributed by atoms with Crippen molar-refractivity contribution in [1.29, 1.82) is 0 Å². The van der Waals surface area contributed by atoms with Crippen LogP contribution in [0.25, 0.3) is 11.0 Å². The van der Waals surface area contributed by atoms with Crippen molar-refractivity contribution in [2.24, 2.45) is 0 Å². The number of nitrogens with zero attached hydrogens (tertiary/aromatic N) is 2. The van der Waals surface area contributed by atoms with Gasteiger partial charge in [-0.25, -0.2) is 17.4 Å². The first-order chi connectivity index (χ1) is 13.0. The van der Waals surface area contributed by atoms with E-state index < -0.39 is 10.0 Å². The average Bonchev–Trinajstić information content (AvgIpc) is 3.10. The van der Waals surface area contributed by atoms with E-state index >= 15 is 0 Å². The number of hydrogen-bond donors (Lipinski definition) is 2. The van der Waals surface area contributed by atoms with Crippen LogP contribution in [0.15, 0.2) is 47.6 Å². The first kappa shape index (κ1) is 17.9. The summed E-state index contributed by atoms with van der Waals surface area (Å²) in [6.07, 6.45) is 8.97. The highest BCUT2D eigenvalue weighted by Crippen LogP contribution is 2.33. The van der Waals surface area contributed by atoms with Crippen molar-refractivity contribution in [3.63, 3.8) is 0 Å². The van der Waals surface area contributed by atoms with Gasteiger partial charge in [0.1, 0.15) is 0 Å². The predicted molar refractivity (Wildman–Crippen MR) is 108 cm³/mol. The Hall–Kier alpha value is -2.54. The number of pyridine rings is 1. The molecule has 1 fully saturated rings. The third-order valence-corrected chi connectivity index (χ3v) is 6.92. The second-order valence-electron chi connectivity index (χ2n) is 7.23. The van der Waals surface area contributed by atoms with Gasteiger partial charge in [-0.3, -0.25) is 0 Å². The summed E-state index contributed by atoms with van der Waals surface area (Å²) in [7, 11) is -3.72. The topological polar surface area (TPSA) is 90.0 Å². The molecule has 3 N–H and O–H groups in total. The summed E-state index contributed by atoms with van der Waals surface area (Å²) in [5.41, 5.74) is 8.89. The van der Waals surface area contributed by atoms with Gasteiger partial charge >= 0.3 is 0 Å². The molecule has 3 aromatic rings. The Kier molecular flexibility index (Phi) is 4.55. The molecule has 142 valence electrons. The maximum Gasteiger partial charge on any atom is 0.269 e. The van der Waals surface area contributed by atoms with Crippen molar-refractivity contribution < 1.29 is 8.42 Å². The number of fused-ring (bicyclic) bond motifs is 1. The lowest BCUT2D eigenvalue weighted by atomic mass is 9.95. The summed E-state index contributed by atoms with van der Waals surface area (Å²) in [4.78, 5) is 4.56. The molecule has 27 heavy (non-hydrogen) atoms. The Balaban J connectivity index is 1.77. The van der Waals surface area contributed by atoms with E-state index in [4.69, 9.17) is 5.73 Å². The zero-order valence-electron chi connectivity index (χ0n) is 15.4. The van der Waals surface area contributed by atoms with E-state index in [9.17, 15) is 8.42 Å². The van der Waals surface area contributed by atoms with Gasteiger partial charge in [-0.15, -0.1) is 0 Å². The summed E-state index contributed by atoms with van der Waals surface area (Å²) < 4.78 is 27.4. The molecule has 0 spiro atoms. The molecule has 0 bridgehead atoms. The lowest BCUT2D eigenvalue weighted by Crippen LogP contribution is -2.23. The van der Waals surface area contributed by atoms with Gasteiger partial charge in [0.15, 0.2) is 5.65 Å². The summed E-state index contributed by atoms with van der Waals surface area (Å²) in [5.74, 6) is 0. The van der Waals surface area contributed by atoms with E-state index in [1.54, 1.807) is 36.5 Å². The predicted octanol–water partition coefficient (Wildman–Crippen LogP) is 3.91. The normalized spacial score (nSPS) is 15.9. The van der Waals surface area contributed by atoms with Crippen molar-refractivity contribution in [1.82, 2.24) is 8.96 Å². The zero-order valence-corrected chi connectivity index (χ0v) is 16.2. The average molecular weight is 385 g/mol. The minimum Gasteiger partial charge on any atom is -0.396 e. The number of nitrogens with two attached hydrogens (primary N) is 1. The quantitative estimate of drug-likeness (QED) is 0.712. The molecular weight excluding hydrogens is 360 g/mol. The molecule has 1 saturated carbocycles. The molecule has 4 rings (SSSR count). The van der Waals surface area contributed by atoms with Crippen molar-refractivity contribution in [2.45, 2.75) is 50.0 Å². The summed E-state index contributed by atoms with van der Waals surface area (Å²) >= 11 is 0. The Morgan fingerprint density at radius 3 is 2.52 bits per heavy atom. The number of hydrogen-bond acceptors (Lipinski definition) is 5. The van der Waals surface area contributed by atoms with Crippen molar-refractivity contribution in [2.75, 3.05) is 11.1 Å². The molecule has 1 aliphatic rings. The third kappa shape index (κ3) is 3.27. The Morgan fingerprint density at radius 1 is 1.11 bits per heavy atom. The standard InChI is InChI=1S/C20H24N4O2S/c1-14-7-9-16(10-8-14)27(25,26)24-12-11-17-19(18(21)13-22-20(17)24)23-15-5-3-2-4-6-15/h7-13,15H,2-6,21H2,1H3,(H,22,23). The molecule has 0 radical (unpaired) electrons. The first-order valence-corrected chi connectivity index (χ1v) is 10.7. The van der Waals surface area contributed by atoms with Gasteiger partial charge in [-0.05, 0) is 38.0 Å². The molecule has 1 aromatic carbocycles. The number of aryl methyl sites for hydroxylation is 1. The molecule has 7 heteroatoms. The maximum atomic E-state index is 13.1. The van der Waals surface area contributed by atoms with E-state index in [0.717, 1.165) is 29.5 Å². The van der Waals surface area contributed by atoms with Gasteiger partial charge in [-0.1, -0.05) is 37.0 Å². The number of nitrogen functional groups attached to an aromatic ring is 1. The molecule has 1 aliphatic carbocycles. The van der Waals surface area contributed by atoms with Crippen LogP contribution >= 0.6 is 0 Å². The SMILES string of the molecule is Cc1ccc(S(=O)(=O)n2ccc3c(NC4CCCCC4)c(N)cnc32)cc1. The third-order valence-electron chi connectivity index (χ3n) is 5.24. The highest BCUT2D eigenvalue weighted by molar-refractivity contribution is 7.90. The van der Waals surface area contributed by atoms with Crippen LogP contribution in [0, 0.1) is 6.92 Å². The molecule has 0 aliphatic heterocycles. The van der Waals surface area contributed by atoms with Crippen LogP contribution in [0.2, 0.25) is 0 Å². The van der Waals surface area contributed by atoms with Crippen LogP contribution in [0.3, 0.4) is 0 Å². The lowest BCUT2D eigenvalue weighted by molar-refractivity contribution is 0.463. The fourth-order valence-electron chi connectivity index (χ4n) is 3.71. The Labute approximate surface area is 159 Å². The van der Waals surface area contributed by atoms with Gasteiger partial charge in [0.05, 0.1) is 22.5 Å². The van der Waals surface area contributed by atoms with Crippen LogP contribution < -0.4 is 11.1 Å². The highest BCUT2D eigenvalue weighted by Gasteiger charge is 2.22. The summed E-state index contributed by atoms with van der Waals surface area (Å²) in [6, 6.07) is 8.96. The van der Waals surface area contributed by atoms with Crippen molar-refractivity contribution >= 4 is 32.4 Å². The van der Waals surface area contributed by atoms with Gasteiger partial charge in [0, 0.05) is 17.6 Å². The molecule has 0 amide bonds. The number of aromatic nitrogens is 2. The van der Waals surface area contributed by atoms with Crippen molar-refractivity contribution in [3.8, 4) is 0 Å². The molecule has 0 atom stereocenters. The van der Waals surface area contributed by atoms with Crippen LogP contribution in [-0.2, 0) is 10.0 Å². The van der Waals surface area contributed by atoms with Gasteiger partial charge in [0.25, 0.3) is 10.0 Å². The fraction of sp³-hybridized carbons (Fsp3) is 0.350. The molecule has 0 unspecified atom stereocenters. The maximum absolute atomic E-state index is 13.1. The number of nitrogens with one attached hydrogen (secondary N) is 1. The fourth-order valence-corrected chi connectivity index (χ4v) is 5.01. The van der Waals surface area contributed by atoms with E-state index in [2.05, 4.69) is 10.3 Å². The van der Waals surface area contributed by atoms with Gasteiger partial charge in [-0.2, -0.15) is 0 Å². The molecule has 6 nitrogen and oxygen atoms in total. The van der Waals surface area contributed by atoms with E-state index in [1.165, 1.54) is 29.4 Å². The molecular formula is C20H24N4O2S.